The Hall–Kier alpha value is -3.11. The number of aryl methyl sites for hydroxylation is 2. The average molecular weight is 497 g/mol. The van der Waals surface area contributed by atoms with Crippen LogP contribution in [0.1, 0.15) is 68.5 Å². The summed E-state index contributed by atoms with van der Waals surface area (Å²) in [6.07, 6.45) is 4.45. The zero-order valence-corrected chi connectivity index (χ0v) is 21.6. The van der Waals surface area contributed by atoms with Gasteiger partial charge in [0, 0.05) is 26.1 Å². The number of aromatic nitrogens is 5. The predicted octanol–water partition coefficient (Wildman–Crippen LogP) is 4.60. The third-order valence-corrected chi connectivity index (χ3v) is 7.82. The third kappa shape index (κ3) is 5.43. The van der Waals surface area contributed by atoms with Gasteiger partial charge in [-0.05, 0) is 49.4 Å². The number of hydrogen-bond donors (Lipinski definition) is 1. The van der Waals surface area contributed by atoms with Crippen LogP contribution in [0.3, 0.4) is 0 Å². The minimum atomic E-state index is -3.78. The van der Waals surface area contributed by atoms with Crippen LogP contribution in [0.15, 0.2) is 45.9 Å². The molecule has 0 bridgehead atoms. The second kappa shape index (κ2) is 10.2. The van der Waals surface area contributed by atoms with E-state index in [1.54, 1.807) is 25.4 Å². The highest BCUT2D eigenvalue weighted by Crippen LogP contribution is 2.31. The first-order valence-electron chi connectivity index (χ1n) is 11.9. The third-order valence-electron chi connectivity index (χ3n) is 5.94. The maximum atomic E-state index is 13.5. The largest absolute Gasteiger partial charge is 0.342 e. The van der Waals surface area contributed by atoms with Crippen molar-refractivity contribution in [1.82, 2.24) is 29.4 Å². The fourth-order valence-electron chi connectivity index (χ4n) is 4.13. The number of hydrogen-bond acceptors (Lipinski definition) is 7. The van der Waals surface area contributed by atoms with Crippen molar-refractivity contribution in [3.63, 3.8) is 0 Å². The molecule has 9 nitrogen and oxygen atoms in total. The van der Waals surface area contributed by atoms with E-state index < -0.39 is 16.1 Å². The number of pyridine rings is 1. The molecule has 0 saturated heterocycles. The minimum absolute atomic E-state index is 0.215. The molecule has 0 aliphatic heterocycles. The fourth-order valence-corrected chi connectivity index (χ4v) is 5.45. The monoisotopic (exact) mass is 496 g/mol. The first kappa shape index (κ1) is 25.0. The van der Waals surface area contributed by atoms with Crippen LogP contribution in [0.2, 0.25) is 0 Å². The number of fused-ring (bicyclic) bond motifs is 1. The van der Waals surface area contributed by atoms with Gasteiger partial charge in [-0.25, -0.2) is 13.4 Å². The van der Waals surface area contributed by atoms with Gasteiger partial charge in [-0.15, -0.1) is 0 Å². The summed E-state index contributed by atoms with van der Waals surface area (Å²) < 4.78 is 33.9. The van der Waals surface area contributed by atoms with Gasteiger partial charge < -0.3 is 9.51 Å². The number of imidazole rings is 1. The SMILES string of the molecule is CCCc1noc(C(CC(C)C)N(C)S(=O)(=O)c2ccc(Cc3nccc4[nH]c(C)nc34)cc2)n1. The lowest BCUT2D eigenvalue weighted by Gasteiger charge is -2.26. The molecule has 0 spiro atoms. The Morgan fingerprint density at radius 2 is 1.86 bits per heavy atom. The zero-order valence-electron chi connectivity index (χ0n) is 20.8. The first-order chi connectivity index (χ1) is 16.7. The molecule has 4 aromatic rings. The van der Waals surface area contributed by atoms with Crippen LogP contribution in [-0.2, 0) is 22.9 Å². The van der Waals surface area contributed by atoms with E-state index in [9.17, 15) is 8.42 Å². The second-order valence-corrected chi connectivity index (χ2v) is 11.3. The molecule has 1 unspecified atom stereocenters. The van der Waals surface area contributed by atoms with Crippen molar-refractivity contribution in [2.45, 2.75) is 64.3 Å². The van der Waals surface area contributed by atoms with E-state index in [0.717, 1.165) is 34.5 Å². The lowest BCUT2D eigenvalue weighted by atomic mass is 10.0. The Bertz CT molecular complexity index is 1390. The zero-order chi connectivity index (χ0) is 25.2. The van der Waals surface area contributed by atoms with Gasteiger partial charge >= 0.3 is 0 Å². The first-order valence-corrected chi connectivity index (χ1v) is 13.3. The standard InChI is InChI=1S/C25H32N6O3S/c1-6-7-23-29-25(34-30-23)22(14-16(2)3)31(5)35(32,33)19-10-8-18(9-11-19)15-21-24-20(12-13-26-21)27-17(4)28-24/h8-13,16,22H,6-7,14-15H2,1-5H3,(H,27,28). The molecule has 0 aliphatic carbocycles. The van der Waals surface area contributed by atoms with E-state index in [2.05, 4.69) is 25.1 Å². The highest BCUT2D eigenvalue weighted by Gasteiger charge is 2.33. The predicted molar refractivity (Wildman–Crippen MR) is 133 cm³/mol. The number of aromatic amines is 1. The van der Waals surface area contributed by atoms with Crippen LogP contribution in [0, 0.1) is 12.8 Å². The van der Waals surface area contributed by atoms with Crippen LogP contribution in [-0.4, -0.2) is 44.9 Å². The van der Waals surface area contributed by atoms with Crippen LogP contribution >= 0.6 is 0 Å². The molecule has 186 valence electrons. The van der Waals surface area contributed by atoms with Gasteiger partial charge in [0.05, 0.1) is 16.1 Å². The van der Waals surface area contributed by atoms with Crippen molar-refractivity contribution in [2.24, 2.45) is 5.92 Å². The molecule has 1 atom stereocenters. The molecular formula is C25H32N6O3S. The quantitative estimate of drug-likeness (QED) is 0.341. The van der Waals surface area contributed by atoms with E-state index in [-0.39, 0.29) is 10.8 Å². The molecular weight excluding hydrogens is 464 g/mol. The highest BCUT2D eigenvalue weighted by molar-refractivity contribution is 7.89. The number of rotatable bonds is 10. The molecule has 0 saturated carbocycles. The van der Waals surface area contributed by atoms with Gasteiger partial charge in [-0.1, -0.05) is 38.1 Å². The molecule has 3 heterocycles. The molecule has 0 radical (unpaired) electrons. The van der Waals surface area contributed by atoms with Crippen molar-refractivity contribution in [3.05, 3.63) is 65.3 Å². The summed E-state index contributed by atoms with van der Waals surface area (Å²) >= 11 is 0. The lowest BCUT2D eigenvalue weighted by molar-refractivity contribution is 0.247. The van der Waals surface area contributed by atoms with Gasteiger partial charge in [0.2, 0.25) is 15.9 Å². The second-order valence-electron chi connectivity index (χ2n) is 9.26. The van der Waals surface area contributed by atoms with Crippen molar-refractivity contribution in [1.29, 1.82) is 0 Å². The van der Waals surface area contributed by atoms with Crippen molar-refractivity contribution >= 4 is 21.1 Å². The number of nitrogens with one attached hydrogen (secondary N) is 1. The molecule has 0 aliphatic rings. The van der Waals surface area contributed by atoms with Gasteiger partial charge in [0.25, 0.3) is 0 Å². The molecule has 3 aromatic heterocycles. The smallest absolute Gasteiger partial charge is 0.245 e. The normalized spacial score (nSPS) is 13.2. The van der Waals surface area contributed by atoms with E-state index in [1.807, 2.05) is 45.9 Å². The fraction of sp³-hybridized carbons (Fsp3) is 0.440. The molecule has 1 aromatic carbocycles. The summed E-state index contributed by atoms with van der Waals surface area (Å²) in [6.45, 7) is 8.03. The van der Waals surface area contributed by atoms with Crippen LogP contribution in [0.25, 0.3) is 11.0 Å². The summed E-state index contributed by atoms with van der Waals surface area (Å²) in [5.41, 5.74) is 3.57. The van der Waals surface area contributed by atoms with Crippen molar-refractivity contribution in [2.75, 3.05) is 7.05 Å². The molecule has 10 heteroatoms. The van der Waals surface area contributed by atoms with E-state index in [4.69, 9.17) is 4.52 Å². The van der Waals surface area contributed by atoms with Gasteiger partial charge in [-0.3, -0.25) is 4.98 Å². The average Bonchev–Trinajstić information content (AvgIpc) is 3.44. The number of sulfonamides is 1. The highest BCUT2D eigenvalue weighted by atomic mass is 32.2. The number of H-pyrrole nitrogens is 1. The Morgan fingerprint density at radius 1 is 1.11 bits per heavy atom. The van der Waals surface area contributed by atoms with E-state index >= 15 is 0 Å². The topological polar surface area (TPSA) is 118 Å². The Labute approximate surface area is 206 Å². The summed E-state index contributed by atoms with van der Waals surface area (Å²) in [5, 5.41) is 4.02. The summed E-state index contributed by atoms with van der Waals surface area (Å²) in [6, 6.07) is 8.28. The molecule has 0 amide bonds. The van der Waals surface area contributed by atoms with Crippen LogP contribution in [0.4, 0.5) is 0 Å². The Morgan fingerprint density at radius 3 is 2.54 bits per heavy atom. The van der Waals surface area contributed by atoms with Crippen LogP contribution < -0.4 is 0 Å². The molecule has 35 heavy (non-hydrogen) atoms. The Kier molecular flexibility index (Phi) is 7.32. The van der Waals surface area contributed by atoms with Gasteiger partial charge in [0.1, 0.15) is 17.4 Å². The van der Waals surface area contributed by atoms with Crippen molar-refractivity contribution < 1.29 is 12.9 Å². The maximum absolute atomic E-state index is 13.5. The van der Waals surface area contributed by atoms with Gasteiger partial charge in [-0.2, -0.15) is 9.29 Å². The molecule has 4 rings (SSSR count). The number of benzene rings is 1. The van der Waals surface area contributed by atoms with E-state index in [0.29, 0.717) is 31.0 Å². The Balaban J connectivity index is 1.57. The summed E-state index contributed by atoms with van der Waals surface area (Å²) in [5.74, 6) is 2.00. The lowest BCUT2D eigenvalue weighted by Crippen LogP contribution is -2.32. The van der Waals surface area contributed by atoms with Crippen LogP contribution in [0.5, 0.6) is 0 Å². The molecule has 0 fully saturated rings. The molecule has 1 N–H and O–H groups in total. The van der Waals surface area contributed by atoms with Crippen molar-refractivity contribution in [3.8, 4) is 0 Å². The number of nitrogens with zero attached hydrogens (tertiary/aromatic N) is 5. The minimum Gasteiger partial charge on any atom is -0.342 e. The maximum Gasteiger partial charge on any atom is 0.245 e. The van der Waals surface area contributed by atoms with E-state index in [1.165, 1.54) is 4.31 Å². The summed E-state index contributed by atoms with van der Waals surface area (Å²) in [4.78, 5) is 16.9. The van der Waals surface area contributed by atoms with Gasteiger partial charge in [0.15, 0.2) is 5.82 Å². The summed E-state index contributed by atoms with van der Waals surface area (Å²) in [7, 11) is -2.21.